The molecule has 176 valence electrons. The molecular weight excluding hydrogens is 517 g/mol. The maximum atomic E-state index is 12.5. The lowest BCUT2D eigenvalue weighted by atomic mass is 9.98. The molecule has 30 heavy (non-hydrogen) atoms. The quantitative estimate of drug-likeness (QED) is 0.283. The molecule has 0 bridgehead atoms. The third-order valence-electron chi connectivity index (χ3n) is 6.31. The molecule has 2 saturated heterocycles. The molecule has 2 fully saturated rings. The number of amides is 1. The van der Waals surface area contributed by atoms with E-state index in [1.54, 1.807) is 11.4 Å². The molecule has 1 amide bonds. The summed E-state index contributed by atoms with van der Waals surface area (Å²) in [6.07, 6.45) is 6.70. The SMILES string of the molecule is CCC(CC)C(=O)N1CCC(NC(=NC)NCC2CCN(S(C)(=O)=O)CC2)CC1.I. The van der Waals surface area contributed by atoms with Gasteiger partial charge in [-0.2, -0.15) is 0 Å². The first kappa shape index (κ1) is 27.4. The molecule has 8 nitrogen and oxygen atoms in total. The highest BCUT2D eigenvalue weighted by atomic mass is 127. The third kappa shape index (κ3) is 8.14. The van der Waals surface area contributed by atoms with Crippen LogP contribution < -0.4 is 10.6 Å². The Labute approximate surface area is 199 Å². The predicted molar refractivity (Wildman–Crippen MR) is 133 cm³/mol. The smallest absolute Gasteiger partial charge is 0.225 e. The number of hydrogen-bond acceptors (Lipinski definition) is 4. The number of halogens is 1. The number of likely N-dealkylation sites (tertiary alicyclic amines) is 1. The highest BCUT2D eigenvalue weighted by molar-refractivity contribution is 14.0. The number of aliphatic imine (C=N–C) groups is 1. The van der Waals surface area contributed by atoms with Gasteiger partial charge in [-0.25, -0.2) is 12.7 Å². The van der Waals surface area contributed by atoms with Crippen molar-refractivity contribution in [3.05, 3.63) is 0 Å². The number of carbonyl (C=O) groups excluding carboxylic acids is 1. The van der Waals surface area contributed by atoms with Crippen LogP contribution in [-0.2, 0) is 14.8 Å². The molecule has 0 aromatic heterocycles. The van der Waals surface area contributed by atoms with Crippen molar-refractivity contribution in [1.29, 1.82) is 0 Å². The molecule has 0 saturated carbocycles. The van der Waals surface area contributed by atoms with Gasteiger partial charge in [-0.05, 0) is 44.4 Å². The molecule has 10 heteroatoms. The largest absolute Gasteiger partial charge is 0.356 e. The van der Waals surface area contributed by atoms with Gasteiger partial charge < -0.3 is 15.5 Å². The number of guanidine groups is 1. The number of piperidine rings is 2. The van der Waals surface area contributed by atoms with Crippen LogP contribution in [0.4, 0.5) is 0 Å². The van der Waals surface area contributed by atoms with Crippen LogP contribution in [0, 0.1) is 11.8 Å². The van der Waals surface area contributed by atoms with Gasteiger partial charge in [0.05, 0.1) is 6.26 Å². The summed E-state index contributed by atoms with van der Waals surface area (Å²) in [6.45, 7) is 7.76. The van der Waals surface area contributed by atoms with Crippen LogP contribution in [0.5, 0.6) is 0 Å². The van der Waals surface area contributed by atoms with Gasteiger partial charge in [0.25, 0.3) is 0 Å². The van der Waals surface area contributed by atoms with Crippen molar-refractivity contribution in [3.63, 3.8) is 0 Å². The van der Waals surface area contributed by atoms with Gasteiger partial charge in [0.1, 0.15) is 0 Å². The number of carbonyl (C=O) groups is 1. The fraction of sp³-hybridized carbons (Fsp3) is 0.900. The highest BCUT2D eigenvalue weighted by Crippen LogP contribution is 2.19. The fourth-order valence-corrected chi connectivity index (χ4v) is 5.09. The van der Waals surface area contributed by atoms with E-state index in [-0.39, 0.29) is 29.9 Å². The topological polar surface area (TPSA) is 94.1 Å². The van der Waals surface area contributed by atoms with Crippen LogP contribution in [0.1, 0.15) is 52.4 Å². The van der Waals surface area contributed by atoms with Gasteiger partial charge in [0.2, 0.25) is 15.9 Å². The van der Waals surface area contributed by atoms with Gasteiger partial charge in [-0.3, -0.25) is 9.79 Å². The zero-order valence-corrected chi connectivity index (χ0v) is 22.0. The van der Waals surface area contributed by atoms with E-state index in [1.807, 2.05) is 4.90 Å². The molecule has 0 aromatic rings. The second kappa shape index (κ2) is 13.0. The predicted octanol–water partition coefficient (Wildman–Crippen LogP) is 1.87. The molecule has 2 aliphatic rings. The minimum Gasteiger partial charge on any atom is -0.356 e. The molecule has 0 unspecified atom stereocenters. The summed E-state index contributed by atoms with van der Waals surface area (Å²) in [5.74, 6) is 1.70. The van der Waals surface area contributed by atoms with E-state index in [9.17, 15) is 13.2 Å². The Kier molecular flexibility index (Phi) is 11.9. The Hall–Kier alpha value is -0.620. The van der Waals surface area contributed by atoms with E-state index in [0.29, 0.717) is 31.0 Å². The number of rotatable bonds is 7. The summed E-state index contributed by atoms with van der Waals surface area (Å²) >= 11 is 0. The lowest BCUT2D eigenvalue weighted by Crippen LogP contribution is -2.51. The average molecular weight is 558 g/mol. The summed E-state index contributed by atoms with van der Waals surface area (Å²) in [5.41, 5.74) is 0. The Morgan fingerprint density at radius 1 is 1.07 bits per heavy atom. The molecule has 0 radical (unpaired) electrons. The van der Waals surface area contributed by atoms with E-state index in [1.165, 1.54) is 6.26 Å². The first-order valence-corrected chi connectivity index (χ1v) is 12.8. The van der Waals surface area contributed by atoms with Gasteiger partial charge in [0, 0.05) is 51.7 Å². The van der Waals surface area contributed by atoms with Gasteiger partial charge in [-0.15, -0.1) is 24.0 Å². The zero-order valence-electron chi connectivity index (χ0n) is 18.9. The minimum atomic E-state index is -3.08. The first-order chi connectivity index (χ1) is 13.8. The van der Waals surface area contributed by atoms with E-state index >= 15 is 0 Å². The molecular formula is C20H40IN5O3S. The van der Waals surface area contributed by atoms with Crippen molar-refractivity contribution < 1.29 is 13.2 Å². The van der Waals surface area contributed by atoms with Crippen LogP contribution in [0.3, 0.4) is 0 Å². The second-order valence-corrected chi connectivity index (χ2v) is 10.3. The van der Waals surface area contributed by atoms with E-state index < -0.39 is 10.0 Å². The number of hydrogen-bond donors (Lipinski definition) is 2. The van der Waals surface area contributed by atoms with Gasteiger partial charge >= 0.3 is 0 Å². The standard InChI is InChI=1S/C20H39N5O3S.HI/c1-5-17(6-2)19(26)24-11-9-18(10-12-24)23-20(21-3)22-15-16-7-13-25(14-8-16)29(4,27)28;/h16-18H,5-15H2,1-4H3,(H2,21,22,23);1H. The first-order valence-electron chi connectivity index (χ1n) is 11.0. The molecule has 2 heterocycles. The molecule has 2 rings (SSSR count). The maximum absolute atomic E-state index is 12.5. The van der Waals surface area contributed by atoms with Crippen molar-refractivity contribution in [3.8, 4) is 0 Å². The van der Waals surface area contributed by atoms with Gasteiger partial charge in [0.15, 0.2) is 5.96 Å². The van der Waals surface area contributed by atoms with Crippen LogP contribution in [0.25, 0.3) is 0 Å². The third-order valence-corrected chi connectivity index (χ3v) is 7.61. The van der Waals surface area contributed by atoms with Crippen molar-refractivity contribution >= 4 is 45.9 Å². The second-order valence-electron chi connectivity index (χ2n) is 8.32. The summed E-state index contributed by atoms with van der Waals surface area (Å²) in [6, 6.07) is 0.319. The van der Waals surface area contributed by atoms with E-state index in [2.05, 4.69) is 29.5 Å². The number of nitrogens with zero attached hydrogens (tertiary/aromatic N) is 3. The lowest BCUT2D eigenvalue weighted by Gasteiger charge is -2.35. The zero-order chi connectivity index (χ0) is 21.4. The van der Waals surface area contributed by atoms with Crippen LogP contribution in [0.15, 0.2) is 4.99 Å². The van der Waals surface area contributed by atoms with Gasteiger partial charge in [-0.1, -0.05) is 13.8 Å². The Morgan fingerprint density at radius 2 is 1.63 bits per heavy atom. The summed E-state index contributed by atoms with van der Waals surface area (Å²) in [5, 5.41) is 6.89. The van der Waals surface area contributed by atoms with Crippen molar-refractivity contribution in [2.24, 2.45) is 16.8 Å². The Bertz CT molecular complexity index is 653. The molecule has 2 N–H and O–H groups in total. The average Bonchev–Trinajstić information content (AvgIpc) is 2.72. The number of nitrogens with one attached hydrogen (secondary N) is 2. The molecule has 0 spiro atoms. The van der Waals surface area contributed by atoms with E-state index in [0.717, 1.165) is 64.1 Å². The van der Waals surface area contributed by atoms with E-state index in [4.69, 9.17) is 0 Å². The minimum absolute atomic E-state index is 0. The van der Waals surface area contributed by atoms with Crippen LogP contribution in [-0.4, -0.2) is 81.6 Å². The van der Waals surface area contributed by atoms with Crippen molar-refractivity contribution in [2.45, 2.75) is 58.4 Å². The summed E-state index contributed by atoms with van der Waals surface area (Å²) < 4.78 is 24.8. The highest BCUT2D eigenvalue weighted by Gasteiger charge is 2.28. The Morgan fingerprint density at radius 3 is 2.10 bits per heavy atom. The van der Waals surface area contributed by atoms with Crippen molar-refractivity contribution in [2.75, 3.05) is 46.0 Å². The summed E-state index contributed by atoms with van der Waals surface area (Å²) in [4.78, 5) is 18.9. The molecule has 0 aliphatic carbocycles. The maximum Gasteiger partial charge on any atom is 0.225 e. The Balaban J connectivity index is 0.00000450. The fourth-order valence-electron chi connectivity index (χ4n) is 4.21. The summed E-state index contributed by atoms with van der Waals surface area (Å²) in [7, 11) is -1.30. The molecule has 2 aliphatic heterocycles. The monoisotopic (exact) mass is 557 g/mol. The molecule has 0 aromatic carbocycles. The number of sulfonamides is 1. The van der Waals surface area contributed by atoms with Crippen molar-refractivity contribution in [1.82, 2.24) is 19.8 Å². The normalized spacial score (nSPS) is 20.2. The van der Waals surface area contributed by atoms with Crippen LogP contribution in [0.2, 0.25) is 0 Å². The molecule has 0 atom stereocenters. The van der Waals surface area contributed by atoms with Crippen LogP contribution >= 0.6 is 24.0 Å². The lowest BCUT2D eigenvalue weighted by molar-refractivity contribution is -0.136.